The molecule has 0 radical (unpaired) electrons. The normalized spacial score (nSPS) is 15.5. The van der Waals surface area contributed by atoms with E-state index in [9.17, 15) is 9.59 Å². The number of aryl methyl sites for hydroxylation is 1. The third kappa shape index (κ3) is 3.08. The molecule has 0 spiro atoms. The van der Waals surface area contributed by atoms with Crippen molar-refractivity contribution in [3.8, 4) is 0 Å². The van der Waals surface area contributed by atoms with Crippen LogP contribution in [0.15, 0.2) is 38.3 Å². The smallest absolute Gasteiger partial charge is 0.332 e. The van der Waals surface area contributed by atoms with E-state index < -0.39 is 0 Å². The molecule has 0 bridgehead atoms. The van der Waals surface area contributed by atoms with Crippen molar-refractivity contribution in [3.63, 3.8) is 0 Å². The zero-order valence-electron chi connectivity index (χ0n) is 16.2. The minimum Gasteiger partial charge on any atom is -0.340 e. The molecule has 3 aromatic rings. The summed E-state index contributed by atoms with van der Waals surface area (Å²) in [5, 5.41) is 0. The number of anilines is 1. The van der Waals surface area contributed by atoms with Crippen molar-refractivity contribution < 1.29 is 0 Å². The fourth-order valence-corrected chi connectivity index (χ4v) is 4.04. The molecule has 1 aliphatic heterocycles. The molecule has 1 saturated heterocycles. The molecule has 1 aliphatic rings. The summed E-state index contributed by atoms with van der Waals surface area (Å²) in [5.41, 5.74) is 1.24. The Morgan fingerprint density at radius 3 is 2.36 bits per heavy atom. The number of halogens is 1. The minimum atomic E-state index is -0.368. The number of likely N-dealkylation sites (N-methyl/N-ethyl adjacent to an activating group) is 1. The summed E-state index contributed by atoms with van der Waals surface area (Å²) in [5.74, 6) is 0.733. The summed E-state index contributed by atoms with van der Waals surface area (Å²) in [6, 6.07) is 7.94. The number of hydrogen-bond acceptors (Lipinski definition) is 5. The largest absolute Gasteiger partial charge is 0.340 e. The lowest BCUT2D eigenvalue weighted by atomic mass is 10.2. The first kappa shape index (κ1) is 18.9. The van der Waals surface area contributed by atoms with Gasteiger partial charge in [0.25, 0.3) is 5.56 Å². The third-order valence-corrected chi connectivity index (χ3v) is 6.17. The van der Waals surface area contributed by atoms with Crippen LogP contribution in [0, 0.1) is 0 Å². The molecule has 0 atom stereocenters. The number of aromatic nitrogens is 4. The van der Waals surface area contributed by atoms with E-state index in [-0.39, 0.29) is 11.2 Å². The van der Waals surface area contributed by atoms with Crippen molar-refractivity contribution >= 4 is 33.0 Å². The average Bonchev–Trinajstić information content (AvgIpc) is 3.06. The Kier molecular flexibility index (Phi) is 4.88. The lowest BCUT2D eigenvalue weighted by Crippen LogP contribution is -2.45. The van der Waals surface area contributed by atoms with Crippen LogP contribution in [0.5, 0.6) is 0 Å². The maximum absolute atomic E-state index is 13.0. The third-order valence-electron chi connectivity index (χ3n) is 5.40. The summed E-state index contributed by atoms with van der Waals surface area (Å²) in [7, 11) is 5.27. The maximum atomic E-state index is 13.0. The Morgan fingerprint density at radius 2 is 1.68 bits per heavy atom. The highest BCUT2D eigenvalue weighted by atomic mass is 79.9. The van der Waals surface area contributed by atoms with Crippen molar-refractivity contribution in [1.29, 1.82) is 0 Å². The molecular formula is C19H23BrN6O2. The molecule has 4 rings (SSSR count). The van der Waals surface area contributed by atoms with E-state index in [2.05, 4.69) is 32.8 Å². The standard InChI is InChI=1S/C19H23BrN6O2/c1-22-8-10-25(11-9-22)18-21-16-15(17(27)24(3)19(28)23(16)2)26(18)12-13-6-4-5-7-14(13)20/h4-7H,8-12H2,1-3H3. The van der Waals surface area contributed by atoms with E-state index >= 15 is 0 Å². The van der Waals surface area contributed by atoms with Gasteiger partial charge in [0.2, 0.25) is 5.95 Å². The van der Waals surface area contributed by atoms with Crippen LogP contribution in [0.4, 0.5) is 5.95 Å². The van der Waals surface area contributed by atoms with Gasteiger partial charge in [-0.05, 0) is 18.7 Å². The van der Waals surface area contributed by atoms with E-state index in [1.807, 2.05) is 28.8 Å². The Morgan fingerprint density at radius 1 is 1.00 bits per heavy atom. The van der Waals surface area contributed by atoms with Crippen LogP contribution in [0.25, 0.3) is 11.2 Å². The second-order valence-corrected chi connectivity index (χ2v) is 8.11. The summed E-state index contributed by atoms with van der Waals surface area (Å²) in [6.07, 6.45) is 0. The van der Waals surface area contributed by atoms with Crippen molar-refractivity contribution in [1.82, 2.24) is 23.6 Å². The van der Waals surface area contributed by atoms with Crippen LogP contribution in [-0.4, -0.2) is 56.8 Å². The number of piperazine rings is 1. The molecule has 8 nitrogen and oxygen atoms in total. The average molecular weight is 447 g/mol. The highest BCUT2D eigenvalue weighted by Gasteiger charge is 2.25. The fraction of sp³-hybridized carbons (Fsp3) is 0.421. The lowest BCUT2D eigenvalue weighted by Gasteiger charge is -2.33. The van der Waals surface area contributed by atoms with Crippen LogP contribution in [0.3, 0.4) is 0 Å². The molecule has 0 unspecified atom stereocenters. The number of nitrogens with zero attached hydrogens (tertiary/aromatic N) is 6. The summed E-state index contributed by atoms with van der Waals surface area (Å²) >= 11 is 3.60. The predicted octanol–water partition coefficient (Wildman–Crippen LogP) is 0.996. The molecule has 0 aliphatic carbocycles. The highest BCUT2D eigenvalue weighted by molar-refractivity contribution is 9.10. The van der Waals surface area contributed by atoms with Gasteiger partial charge in [-0.2, -0.15) is 4.98 Å². The van der Waals surface area contributed by atoms with Crippen molar-refractivity contribution in [2.24, 2.45) is 14.1 Å². The van der Waals surface area contributed by atoms with Gasteiger partial charge in [0.05, 0.1) is 6.54 Å². The molecule has 0 N–H and O–H groups in total. The zero-order chi connectivity index (χ0) is 20.0. The van der Waals surface area contributed by atoms with Gasteiger partial charge in [-0.1, -0.05) is 34.1 Å². The Hall–Kier alpha value is -2.39. The van der Waals surface area contributed by atoms with Crippen molar-refractivity contribution in [3.05, 3.63) is 55.1 Å². The number of imidazole rings is 1. The van der Waals surface area contributed by atoms with Crippen LogP contribution in [-0.2, 0) is 20.6 Å². The number of rotatable bonds is 3. The van der Waals surface area contributed by atoms with Crippen LogP contribution in [0.2, 0.25) is 0 Å². The number of benzene rings is 1. The van der Waals surface area contributed by atoms with Gasteiger partial charge < -0.3 is 9.80 Å². The fourth-order valence-electron chi connectivity index (χ4n) is 3.63. The van der Waals surface area contributed by atoms with E-state index in [4.69, 9.17) is 4.98 Å². The van der Waals surface area contributed by atoms with Gasteiger partial charge >= 0.3 is 5.69 Å². The van der Waals surface area contributed by atoms with Gasteiger partial charge in [-0.3, -0.25) is 18.5 Å². The maximum Gasteiger partial charge on any atom is 0.332 e. The van der Waals surface area contributed by atoms with Gasteiger partial charge in [0.1, 0.15) is 0 Å². The van der Waals surface area contributed by atoms with Gasteiger partial charge in [-0.25, -0.2) is 4.79 Å². The molecule has 3 heterocycles. The van der Waals surface area contributed by atoms with Gasteiger partial charge in [-0.15, -0.1) is 0 Å². The van der Waals surface area contributed by atoms with Crippen molar-refractivity contribution in [2.45, 2.75) is 6.54 Å². The molecular weight excluding hydrogens is 424 g/mol. The Bertz CT molecular complexity index is 1150. The quantitative estimate of drug-likeness (QED) is 0.600. The van der Waals surface area contributed by atoms with Gasteiger partial charge in [0.15, 0.2) is 11.2 Å². The highest BCUT2D eigenvalue weighted by Crippen LogP contribution is 2.25. The summed E-state index contributed by atoms with van der Waals surface area (Å²) in [4.78, 5) is 34.6. The minimum absolute atomic E-state index is 0.321. The molecule has 148 valence electrons. The van der Waals surface area contributed by atoms with Crippen molar-refractivity contribution in [2.75, 3.05) is 38.1 Å². The molecule has 0 amide bonds. The van der Waals surface area contributed by atoms with Crippen LogP contribution < -0.4 is 16.1 Å². The Labute approximate surface area is 170 Å². The monoisotopic (exact) mass is 446 g/mol. The first-order chi connectivity index (χ1) is 13.4. The van der Waals surface area contributed by atoms with Crippen LogP contribution in [0.1, 0.15) is 5.56 Å². The first-order valence-electron chi connectivity index (χ1n) is 9.21. The van der Waals surface area contributed by atoms with E-state index in [1.165, 1.54) is 11.6 Å². The molecule has 1 fully saturated rings. The van der Waals surface area contributed by atoms with Gasteiger partial charge in [0, 0.05) is 44.7 Å². The molecule has 2 aromatic heterocycles. The molecule has 28 heavy (non-hydrogen) atoms. The molecule has 1 aromatic carbocycles. The summed E-state index contributed by atoms with van der Waals surface area (Å²) in [6.45, 7) is 3.99. The number of hydrogen-bond donors (Lipinski definition) is 0. The van der Waals surface area contributed by atoms with E-state index in [0.717, 1.165) is 46.7 Å². The Balaban J connectivity index is 1.96. The predicted molar refractivity (Wildman–Crippen MR) is 113 cm³/mol. The SMILES string of the molecule is CN1CCN(c2nc3c(c(=O)n(C)c(=O)n3C)n2Cc2ccccc2Br)CC1. The zero-order valence-corrected chi connectivity index (χ0v) is 17.8. The number of fused-ring (bicyclic) bond motifs is 1. The topological polar surface area (TPSA) is 68.3 Å². The second-order valence-electron chi connectivity index (χ2n) is 7.26. The van der Waals surface area contributed by atoms with E-state index in [0.29, 0.717) is 17.7 Å². The lowest BCUT2D eigenvalue weighted by molar-refractivity contribution is 0.310. The molecule has 9 heteroatoms. The first-order valence-corrected chi connectivity index (χ1v) is 10.0. The summed E-state index contributed by atoms with van der Waals surface area (Å²) < 4.78 is 5.52. The van der Waals surface area contributed by atoms with Crippen LogP contribution >= 0.6 is 15.9 Å². The molecule has 0 saturated carbocycles. The van der Waals surface area contributed by atoms with E-state index in [1.54, 1.807) is 7.05 Å². The second kappa shape index (κ2) is 7.21.